The summed E-state index contributed by atoms with van der Waals surface area (Å²) in [6.07, 6.45) is 7.64. The van der Waals surface area contributed by atoms with Gasteiger partial charge in [-0.25, -0.2) is 4.98 Å². The number of nitrogens with zero attached hydrogens (tertiary/aromatic N) is 4. The highest BCUT2D eigenvalue weighted by atomic mass is 16.6. The molecule has 2 aliphatic heterocycles. The highest BCUT2D eigenvalue weighted by molar-refractivity contribution is 5.78. The first-order valence-electron chi connectivity index (χ1n) is 7.02. The first kappa shape index (κ1) is 12.6. The van der Waals surface area contributed by atoms with Crippen molar-refractivity contribution < 1.29 is 9.53 Å². The van der Waals surface area contributed by atoms with Crippen molar-refractivity contribution in [1.82, 2.24) is 19.7 Å². The Balaban J connectivity index is 1.72. The number of carbonyl (C=O) groups excluding carboxylic acids is 1. The zero-order valence-corrected chi connectivity index (χ0v) is 11.2. The molecule has 6 nitrogen and oxygen atoms in total. The van der Waals surface area contributed by atoms with Crippen LogP contribution in [0.25, 0.3) is 0 Å². The van der Waals surface area contributed by atoms with Crippen LogP contribution < -0.4 is 0 Å². The Morgan fingerprint density at radius 1 is 1.47 bits per heavy atom. The minimum atomic E-state index is -0.0659. The Labute approximate surface area is 112 Å². The number of hydrogen-bond donors (Lipinski definition) is 0. The smallest absolute Gasteiger partial charge is 0.323 e. The molecule has 0 spiro atoms. The van der Waals surface area contributed by atoms with Crippen LogP contribution in [0.1, 0.15) is 32.6 Å². The minimum absolute atomic E-state index is 0.0476. The molecular formula is C13H20N4O2. The van der Waals surface area contributed by atoms with E-state index in [4.69, 9.17) is 4.74 Å². The van der Waals surface area contributed by atoms with Crippen LogP contribution in [0.4, 0.5) is 0 Å². The van der Waals surface area contributed by atoms with E-state index in [1.54, 1.807) is 12.7 Å². The van der Waals surface area contributed by atoms with Gasteiger partial charge < -0.3 is 4.74 Å². The predicted molar refractivity (Wildman–Crippen MR) is 68.3 cm³/mol. The van der Waals surface area contributed by atoms with E-state index in [9.17, 15) is 4.79 Å². The van der Waals surface area contributed by atoms with Gasteiger partial charge in [0.15, 0.2) is 0 Å². The van der Waals surface area contributed by atoms with E-state index in [-0.39, 0.29) is 18.1 Å². The molecule has 0 radical (unpaired) electrons. The van der Waals surface area contributed by atoms with Crippen molar-refractivity contribution in [3.05, 3.63) is 12.7 Å². The van der Waals surface area contributed by atoms with Crippen LogP contribution in [-0.4, -0.2) is 50.4 Å². The second-order valence-corrected chi connectivity index (χ2v) is 5.50. The minimum Gasteiger partial charge on any atom is -0.461 e. The van der Waals surface area contributed by atoms with Gasteiger partial charge in [-0.15, -0.1) is 0 Å². The predicted octanol–water partition coefficient (Wildman–Crippen LogP) is 0.837. The Morgan fingerprint density at radius 2 is 2.37 bits per heavy atom. The number of esters is 1. The number of ether oxygens (including phenoxy) is 1. The first-order valence-corrected chi connectivity index (χ1v) is 7.02. The number of hydrogen-bond acceptors (Lipinski definition) is 5. The molecule has 104 valence electrons. The van der Waals surface area contributed by atoms with Crippen molar-refractivity contribution in [3.8, 4) is 0 Å². The number of aromatic nitrogens is 3. The first-order chi connectivity index (χ1) is 9.24. The molecule has 6 heteroatoms. The highest BCUT2D eigenvalue weighted by Crippen LogP contribution is 2.27. The molecule has 0 bridgehead atoms. The standard InChI is InChI=1S/C13H20N4O2/c1-10-6-12(13(18)19-10)17-5-3-2-4-11(17)7-16-9-14-8-15-16/h8-12H,2-7H2,1H3/t10-,11+,12-/m1/s1. The molecule has 2 saturated heterocycles. The van der Waals surface area contributed by atoms with Crippen molar-refractivity contribution in [2.45, 2.75) is 57.3 Å². The van der Waals surface area contributed by atoms with E-state index in [1.807, 2.05) is 11.6 Å². The maximum atomic E-state index is 11.9. The van der Waals surface area contributed by atoms with Gasteiger partial charge in [0.1, 0.15) is 24.8 Å². The number of piperidine rings is 1. The van der Waals surface area contributed by atoms with Crippen LogP contribution in [0.2, 0.25) is 0 Å². The van der Waals surface area contributed by atoms with Crippen LogP contribution >= 0.6 is 0 Å². The van der Waals surface area contributed by atoms with E-state index in [2.05, 4.69) is 15.0 Å². The fourth-order valence-electron chi connectivity index (χ4n) is 3.18. The largest absolute Gasteiger partial charge is 0.461 e. The number of rotatable bonds is 3. The summed E-state index contributed by atoms with van der Waals surface area (Å²) in [5.74, 6) is -0.0574. The van der Waals surface area contributed by atoms with Crippen LogP contribution in [0.5, 0.6) is 0 Å². The third kappa shape index (κ3) is 2.63. The molecule has 1 aromatic rings. The highest BCUT2D eigenvalue weighted by Gasteiger charge is 2.40. The molecule has 0 aromatic carbocycles. The topological polar surface area (TPSA) is 60.2 Å². The lowest BCUT2D eigenvalue weighted by Crippen LogP contribution is -2.50. The summed E-state index contributed by atoms with van der Waals surface area (Å²) in [5.41, 5.74) is 0. The van der Waals surface area contributed by atoms with Crippen molar-refractivity contribution >= 4 is 5.97 Å². The van der Waals surface area contributed by atoms with Gasteiger partial charge in [-0.2, -0.15) is 5.10 Å². The van der Waals surface area contributed by atoms with Gasteiger partial charge in [-0.3, -0.25) is 14.4 Å². The van der Waals surface area contributed by atoms with Crippen molar-refractivity contribution in [2.24, 2.45) is 0 Å². The van der Waals surface area contributed by atoms with E-state index >= 15 is 0 Å². The second kappa shape index (κ2) is 5.28. The maximum absolute atomic E-state index is 11.9. The van der Waals surface area contributed by atoms with Crippen LogP contribution in [0.3, 0.4) is 0 Å². The van der Waals surface area contributed by atoms with Gasteiger partial charge in [0.25, 0.3) is 0 Å². The Kier molecular flexibility index (Phi) is 3.50. The fourth-order valence-corrected chi connectivity index (χ4v) is 3.18. The van der Waals surface area contributed by atoms with E-state index in [1.165, 1.54) is 6.42 Å². The lowest BCUT2D eigenvalue weighted by molar-refractivity contribution is -0.146. The summed E-state index contributed by atoms with van der Waals surface area (Å²) >= 11 is 0. The average molecular weight is 264 g/mol. The van der Waals surface area contributed by atoms with Crippen LogP contribution in [0, 0.1) is 0 Å². The van der Waals surface area contributed by atoms with Gasteiger partial charge >= 0.3 is 5.97 Å². The number of cyclic esters (lactones) is 1. The number of likely N-dealkylation sites (tertiary alicyclic amines) is 1. The van der Waals surface area contributed by atoms with Gasteiger partial charge in [0, 0.05) is 12.5 Å². The molecule has 3 rings (SSSR count). The summed E-state index contributed by atoms with van der Waals surface area (Å²) in [7, 11) is 0. The molecule has 2 fully saturated rings. The molecule has 0 unspecified atom stereocenters. The zero-order chi connectivity index (χ0) is 13.2. The maximum Gasteiger partial charge on any atom is 0.323 e. The van der Waals surface area contributed by atoms with Crippen LogP contribution in [0.15, 0.2) is 12.7 Å². The molecule has 19 heavy (non-hydrogen) atoms. The Hall–Kier alpha value is -1.43. The monoisotopic (exact) mass is 264 g/mol. The molecule has 1 aromatic heterocycles. The molecule has 3 heterocycles. The summed E-state index contributed by atoms with van der Waals surface area (Å²) < 4.78 is 7.15. The quantitative estimate of drug-likeness (QED) is 0.757. The van der Waals surface area contributed by atoms with Crippen LogP contribution in [-0.2, 0) is 16.1 Å². The molecule has 0 aliphatic carbocycles. The molecule has 2 aliphatic rings. The van der Waals surface area contributed by atoms with E-state index in [0.29, 0.717) is 6.04 Å². The van der Waals surface area contributed by atoms with Gasteiger partial charge in [0.2, 0.25) is 0 Å². The Morgan fingerprint density at radius 3 is 3.05 bits per heavy atom. The third-order valence-corrected chi connectivity index (χ3v) is 4.08. The normalized spacial score (nSPS) is 32.5. The average Bonchev–Trinajstić information content (AvgIpc) is 3.00. The van der Waals surface area contributed by atoms with Crippen molar-refractivity contribution in [2.75, 3.05) is 6.54 Å². The second-order valence-electron chi connectivity index (χ2n) is 5.50. The number of carbonyl (C=O) groups is 1. The summed E-state index contributed by atoms with van der Waals surface area (Å²) in [4.78, 5) is 18.2. The molecule has 0 N–H and O–H groups in total. The van der Waals surface area contributed by atoms with E-state index < -0.39 is 0 Å². The van der Waals surface area contributed by atoms with Gasteiger partial charge in [0.05, 0.1) is 6.54 Å². The molecule has 3 atom stereocenters. The van der Waals surface area contributed by atoms with Crippen molar-refractivity contribution in [3.63, 3.8) is 0 Å². The SMILES string of the molecule is C[C@@H]1C[C@@H](N2CCCC[C@H]2Cn2cncn2)C(=O)O1. The summed E-state index contributed by atoms with van der Waals surface area (Å²) in [6, 6.07) is 0.294. The molecule has 0 saturated carbocycles. The lowest BCUT2D eigenvalue weighted by atomic mass is 9.98. The van der Waals surface area contributed by atoms with Gasteiger partial charge in [-0.05, 0) is 26.3 Å². The summed E-state index contributed by atoms with van der Waals surface area (Å²) in [6.45, 7) is 3.75. The van der Waals surface area contributed by atoms with E-state index in [0.717, 1.165) is 32.4 Å². The van der Waals surface area contributed by atoms with Crippen molar-refractivity contribution in [1.29, 1.82) is 0 Å². The zero-order valence-electron chi connectivity index (χ0n) is 11.2. The summed E-state index contributed by atoms with van der Waals surface area (Å²) in [5, 5.41) is 4.17. The lowest BCUT2D eigenvalue weighted by Gasteiger charge is -2.38. The third-order valence-electron chi connectivity index (χ3n) is 4.08. The molecular weight excluding hydrogens is 244 g/mol. The fraction of sp³-hybridized carbons (Fsp3) is 0.769. The van der Waals surface area contributed by atoms with Gasteiger partial charge in [-0.1, -0.05) is 6.42 Å². The Bertz CT molecular complexity index is 434. The molecule has 0 amide bonds.